The number of benzene rings is 2. The second-order valence-corrected chi connectivity index (χ2v) is 12.4. The van der Waals surface area contributed by atoms with Crippen LogP contribution in [0.1, 0.15) is 25.7 Å². The Morgan fingerprint density at radius 1 is 1.19 bits per heavy atom. The summed E-state index contributed by atoms with van der Waals surface area (Å²) in [6, 6.07) is 11.9. The Morgan fingerprint density at radius 3 is 2.61 bits per heavy atom. The SMILES string of the molecule is COc1ccc2sc(N(CC3CCCO3)C(=O)C3CCN(S(=O)(=O)c4ccc(Cl)cc4)CC3)nc2c1. The van der Waals surface area contributed by atoms with Crippen LogP contribution in [0.15, 0.2) is 47.4 Å². The number of halogens is 1. The molecule has 2 aliphatic heterocycles. The van der Waals surface area contributed by atoms with Crippen LogP contribution in [0.3, 0.4) is 0 Å². The monoisotopic (exact) mass is 549 g/mol. The smallest absolute Gasteiger partial charge is 0.243 e. The van der Waals surface area contributed by atoms with Crippen LogP contribution in [0.5, 0.6) is 5.75 Å². The van der Waals surface area contributed by atoms with E-state index >= 15 is 0 Å². The number of piperidine rings is 1. The minimum absolute atomic E-state index is 0.0270. The van der Waals surface area contributed by atoms with Crippen molar-refractivity contribution in [2.75, 3.05) is 38.3 Å². The number of sulfonamides is 1. The minimum atomic E-state index is -3.64. The molecule has 3 aromatic rings. The third-order valence-electron chi connectivity index (χ3n) is 6.75. The minimum Gasteiger partial charge on any atom is -0.497 e. The molecule has 2 saturated heterocycles. The lowest BCUT2D eigenvalue weighted by Crippen LogP contribution is -2.46. The molecule has 8 nitrogen and oxygen atoms in total. The molecule has 3 heterocycles. The third-order valence-corrected chi connectivity index (χ3v) is 9.97. The highest BCUT2D eigenvalue weighted by Crippen LogP contribution is 2.34. The summed E-state index contributed by atoms with van der Waals surface area (Å²) in [5, 5.41) is 1.12. The molecular weight excluding hydrogens is 522 g/mol. The van der Waals surface area contributed by atoms with Crippen LogP contribution >= 0.6 is 22.9 Å². The van der Waals surface area contributed by atoms with Gasteiger partial charge in [0.1, 0.15) is 5.75 Å². The van der Waals surface area contributed by atoms with Gasteiger partial charge in [0.25, 0.3) is 0 Å². The summed E-state index contributed by atoms with van der Waals surface area (Å²) >= 11 is 7.38. The van der Waals surface area contributed by atoms with E-state index in [1.165, 1.54) is 27.8 Å². The zero-order valence-electron chi connectivity index (χ0n) is 19.9. The number of anilines is 1. The maximum absolute atomic E-state index is 13.8. The number of rotatable bonds is 7. The molecule has 0 radical (unpaired) electrons. The van der Waals surface area contributed by atoms with Crippen LogP contribution in [0.25, 0.3) is 10.2 Å². The standard InChI is InChI=1S/C25H28ClN3O5S2/c1-33-19-6-9-23-22(15-19)27-25(35-23)29(16-20-3-2-14-34-20)24(30)17-10-12-28(13-11-17)36(31,32)21-7-4-18(26)5-8-21/h4-9,15,17,20H,2-3,10-14,16H2,1H3. The number of hydrogen-bond donors (Lipinski definition) is 0. The fourth-order valence-electron chi connectivity index (χ4n) is 4.71. The maximum atomic E-state index is 13.8. The fourth-order valence-corrected chi connectivity index (χ4v) is 7.27. The van der Waals surface area contributed by atoms with E-state index < -0.39 is 10.0 Å². The van der Waals surface area contributed by atoms with Crippen molar-refractivity contribution in [1.29, 1.82) is 0 Å². The van der Waals surface area contributed by atoms with Crippen molar-refractivity contribution in [2.24, 2.45) is 5.92 Å². The van der Waals surface area contributed by atoms with E-state index in [2.05, 4.69) is 0 Å². The van der Waals surface area contributed by atoms with Crippen molar-refractivity contribution in [2.45, 2.75) is 36.7 Å². The number of carbonyl (C=O) groups is 1. The summed E-state index contributed by atoms with van der Waals surface area (Å²) in [5.74, 6) is 0.398. The lowest BCUT2D eigenvalue weighted by molar-refractivity contribution is -0.123. The molecule has 1 atom stereocenters. The number of aromatic nitrogens is 1. The molecule has 11 heteroatoms. The molecule has 1 amide bonds. The Labute approximate surface area is 219 Å². The topological polar surface area (TPSA) is 89.0 Å². The Balaban J connectivity index is 1.34. The molecule has 5 rings (SSSR count). The number of amides is 1. The van der Waals surface area contributed by atoms with Crippen LogP contribution in [0, 0.1) is 5.92 Å². The predicted molar refractivity (Wildman–Crippen MR) is 140 cm³/mol. The maximum Gasteiger partial charge on any atom is 0.243 e. The van der Waals surface area contributed by atoms with Crippen LogP contribution < -0.4 is 9.64 Å². The highest BCUT2D eigenvalue weighted by molar-refractivity contribution is 7.89. The van der Waals surface area contributed by atoms with Crippen LogP contribution in [0.2, 0.25) is 5.02 Å². The first-order chi connectivity index (χ1) is 17.3. The summed E-state index contributed by atoms with van der Waals surface area (Å²) in [6.07, 6.45) is 2.75. The molecule has 192 valence electrons. The van der Waals surface area contributed by atoms with Crippen molar-refractivity contribution < 1.29 is 22.7 Å². The normalized spacial score (nSPS) is 19.6. The molecule has 0 N–H and O–H groups in total. The van der Waals surface area contributed by atoms with Gasteiger partial charge in [0.05, 0.1) is 34.9 Å². The Morgan fingerprint density at radius 2 is 1.94 bits per heavy atom. The molecule has 0 saturated carbocycles. The number of nitrogens with zero attached hydrogens (tertiary/aromatic N) is 3. The van der Waals surface area contributed by atoms with Crippen molar-refractivity contribution in [3.63, 3.8) is 0 Å². The number of thiazole rings is 1. The number of methoxy groups -OCH3 is 1. The average Bonchev–Trinajstić information content (AvgIpc) is 3.56. The molecule has 2 fully saturated rings. The Bertz CT molecular complexity index is 1330. The second kappa shape index (κ2) is 10.6. The zero-order chi connectivity index (χ0) is 25.3. The summed E-state index contributed by atoms with van der Waals surface area (Å²) in [6.45, 7) is 1.71. The van der Waals surface area contributed by atoms with Crippen molar-refractivity contribution >= 4 is 54.2 Å². The predicted octanol–water partition coefficient (Wildman–Crippen LogP) is 4.57. The lowest BCUT2D eigenvalue weighted by Gasteiger charge is -2.33. The zero-order valence-corrected chi connectivity index (χ0v) is 22.3. The van der Waals surface area contributed by atoms with Crippen LogP contribution in [0.4, 0.5) is 5.13 Å². The molecular formula is C25H28ClN3O5S2. The average molecular weight is 550 g/mol. The van der Waals surface area contributed by atoms with Gasteiger partial charge in [-0.1, -0.05) is 22.9 Å². The Kier molecular flexibility index (Phi) is 7.50. The van der Waals surface area contributed by atoms with Gasteiger partial charge in [-0.3, -0.25) is 9.69 Å². The summed E-state index contributed by atoms with van der Waals surface area (Å²) in [5.41, 5.74) is 0.781. The van der Waals surface area contributed by atoms with E-state index in [0.29, 0.717) is 41.9 Å². The van der Waals surface area contributed by atoms with Gasteiger partial charge in [-0.2, -0.15) is 4.31 Å². The van der Waals surface area contributed by atoms with E-state index in [0.717, 1.165) is 23.1 Å². The van der Waals surface area contributed by atoms with Crippen LogP contribution in [-0.4, -0.2) is 63.1 Å². The van der Waals surface area contributed by atoms with Gasteiger partial charge in [-0.05, 0) is 62.1 Å². The first-order valence-corrected chi connectivity index (χ1v) is 14.6. The van der Waals surface area contributed by atoms with Gasteiger partial charge in [-0.25, -0.2) is 13.4 Å². The van der Waals surface area contributed by atoms with Crippen molar-refractivity contribution in [3.8, 4) is 5.75 Å². The van der Waals surface area contributed by atoms with E-state index in [9.17, 15) is 13.2 Å². The summed E-state index contributed by atoms with van der Waals surface area (Å²) in [7, 11) is -2.02. The fraction of sp³-hybridized carbons (Fsp3) is 0.440. The summed E-state index contributed by atoms with van der Waals surface area (Å²) < 4.78 is 39.7. The van der Waals surface area contributed by atoms with Gasteiger partial charge in [-0.15, -0.1) is 0 Å². The molecule has 0 aliphatic carbocycles. The second-order valence-electron chi connectivity index (χ2n) is 9.05. The van der Waals surface area contributed by atoms with Gasteiger partial charge < -0.3 is 9.47 Å². The number of ether oxygens (including phenoxy) is 2. The van der Waals surface area contributed by atoms with Gasteiger partial charge >= 0.3 is 0 Å². The Hall–Kier alpha value is -2.24. The van der Waals surface area contributed by atoms with Crippen LogP contribution in [-0.2, 0) is 19.6 Å². The third kappa shape index (κ3) is 5.24. The first-order valence-electron chi connectivity index (χ1n) is 12.0. The number of fused-ring (bicyclic) bond motifs is 1. The molecule has 0 bridgehead atoms. The van der Waals surface area contributed by atoms with Gasteiger partial charge in [0.15, 0.2) is 5.13 Å². The summed E-state index contributed by atoms with van der Waals surface area (Å²) in [4.78, 5) is 20.5. The van der Waals surface area contributed by atoms with E-state index in [1.54, 1.807) is 24.1 Å². The highest BCUT2D eigenvalue weighted by Gasteiger charge is 2.36. The van der Waals surface area contributed by atoms with Gasteiger partial charge in [0.2, 0.25) is 15.9 Å². The number of hydrogen-bond acceptors (Lipinski definition) is 7. The van der Waals surface area contributed by atoms with E-state index in [1.807, 2.05) is 18.2 Å². The van der Waals surface area contributed by atoms with Crippen molar-refractivity contribution in [1.82, 2.24) is 9.29 Å². The molecule has 2 aliphatic rings. The van der Waals surface area contributed by atoms with E-state index in [4.69, 9.17) is 26.1 Å². The number of carbonyl (C=O) groups excluding carboxylic acids is 1. The molecule has 1 aromatic heterocycles. The largest absolute Gasteiger partial charge is 0.497 e. The molecule has 1 unspecified atom stereocenters. The molecule has 0 spiro atoms. The molecule has 2 aromatic carbocycles. The first kappa shape index (κ1) is 25.4. The molecule has 36 heavy (non-hydrogen) atoms. The van der Waals surface area contributed by atoms with E-state index in [-0.39, 0.29) is 35.9 Å². The quantitative estimate of drug-likeness (QED) is 0.429. The van der Waals surface area contributed by atoms with Crippen molar-refractivity contribution in [3.05, 3.63) is 47.5 Å². The lowest BCUT2D eigenvalue weighted by atomic mass is 9.96. The highest BCUT2D eigenvalue weighted by atomic mass is 35.5. The van der Waals surface area contributed by atoms with Gasteiger partial charge in [0, 0.05) is 36.7 Å².